The van der Waals surface area contributed by atoms with E-state index in [-0.39, 0.29) is 17.7 Å². The topological polar surface area (TPSA) is 76.1 Å². The molecule has 7 heteroatoms. The van der Waals surface area contributed by atoms with E-state index in [4.69, 9.17) is 0 Å². The summed E-state index contributed by atoms with van der Waals surface area (Å²) in [5, 5.41) is 12.9. The molecular formula is C21H26N4O3. The fourth-order valence-corrected chi connectivity index (χ4v) is 3.19. The van der Waals surface area contributed by atoms with Gasteiger partial charge in [0.15, 0.2) is 0 Å². The van der Waals surface area contributed by atoms with Crippen molar-refractivity contribution < 1.29 is 14.7 Å². The van der Waals surface area contributed by atoms with Crippen molar-refractivity contribution in [3.8, 4) is 5.75 Å². The summed E-state index contributed by atoms with van der Waals surface area (Å²) in [6, 6.07) is 14.4. The van der Waals surface area contributed by atoms with Crippen LogP contribution in [0.1, 0.15) is 15.9 Å². The van der Waals surface area contributed by atoms with Crippen molar-refractivity contribution in [1.29, 1.82) is 0 Å². The van der Waals surface area contributed by atoms with Crippen LogP contribution in [-0.4, -0.2) is 67.1 Å². The Balaban J connectivity index is 1.48. The SMILES string of the molecule is CN(C)C(=O)c1ccc(CNC(=O)N2CCN(c3ccccc3O)CC2)cc1. The molecule has 2 aromatic rings. The van der Waals surface area contributed by atoms with Gasteiger partial charge in [0.2, 0.25) is 0 Å². The molecule has 0 bridgehead atoms. The summed E-state index contributed by atoms with van der Waals surface area (Å²) < 4.78 is 0. The zero-order valence-electron chi connectivity index (χ0n) is 16.3. The predicted molar refractivity (Wildman–Crippen MR) is 109 cm³/mol. The molecule has 1 fully saturated rings. The lowest BCUT2D eigenvalue weighted by Gasteiger charge is -2.36. The number of anilines is 1. The number of hydrogen-bond donors (Lipinski definition) is 2. The van der Waals surface area contributed by atoms with E-state index >= 15 is 0 Å². The first-order chi connectivity index (χ1) is 13.5. The number of phenols is 1. The third kappa shape index (κ3) is 4.54. The quantitative estimate of drug-likeness (QED) is 0.849. The summed E-state index contributed by atoms with van der Waals surface area (Å²) in [4.78, 5) is 29.7. The smallest absolute Gasteiger partial charge is 0.317 e. The van der Waals surface area contributed by atoms with Gasteiger partial charge in [-0.2, -0.15) is 0 Å². The van der Waals surface area contributed by atoms with E-state index < -0.39 is 0 Å². The second-order valence-corrected chi connectivity index (χ2v) is 7.02. The molecule has 2 aromatic carbocycles. The molecule has 3 amide bonds. The van der Waals surface area contributed by atoms with E-state index in [2.05, 4.69) is 10.2 Å². The van der Waals surface area contributed by atoms with E-state index in [0.717, 1.165) is 11.3 Å². The fraction of sp³-hybridized carbons (Fsp3) is 0.333. The van der Waals surface area contributed by atoms with Gasteiger partial charge in [0, 0.05) is 52.4 Å². The minimum absolute atomic E-state index is 0.0436. The van der Waals surface area contributed by atoms with E-state index in [1.807, 2.05) is 24.3 Å². The van der Waals surface area contributed by atoms with Gasteiger partial charge in [-0.3, -0.25) is 4.79 Å². The molecule has 148 valence electrons. The third-order valence-corrected chi connectivity index (χ3v) is 4.84. The summed E-state index contributed by atoms with van der Waals surface area (Å²) in [5.41, 5.74) is 2.37. The highest BCUT2D eigenvalue weighted by molar-refractivity contribution is 5.93. The van der Waals surface area contributed by atoms with Crippen molar-refractivity contribution in [3.05, 3.63) is 59.7 Å². The molecule has 0 atom stereocenters. The highest BCUT2D eigenvalue weighted by Crippen LogP contribution is 2.27. The number of rotatable bonds is 4. The first kappa shape index (κ1) is 19.5. The largest absolute Gasteiger partial charge is 0.506 e. The minimum Gasteiger partial charge on any atom is -0.506 e. The molecule has 0 aliphatic carbocycles. The Labute approximate surface area is 165 Å². The Kier molecular flexibility index (Phi) is 6.03. The molecule has 1 heterocycles. The van der Waals surface area contributed by atoms with E-state index in [1.54, 1.807) is 43.3 Å². The van der Waals surface area contributed by atoms with Crippen molar-refractivity contribution in [1.82, 2.24) is 15.1 Å². The molecule has 0 aromatic heterocycles. The second kappa shape index (κ2) is 8.65. The lowest BCUT2D eigenvalue weighted by atomic mass is 10.1. The van der Waals surface area contributed by atoms with Crippen LogP contribution >= 0.6 is 0 Å². The predicted octanol–water partition coefficient (Wildman–Crippen LogP) is 2.13. The number of nitrogens with zero attached hydrogens (tertiary/aromatic N) is 3. The summed E-state index contributed by atoms with van der Waals surface area (Å²) in [6.07, 6.45) is 0. The van der Waals surface area contributed by atoms with Crippen LogP contribution in [0.5, 0.6) is 5.75 Å². The number of phenolic OH excluding ortho intramolecular Hbond substituents is 1. The van der Waals surface area contributed by atoms with E-state index in [0.29, 0.717) is 38.3 Å². The van der Waals surface area contributed by atoms with Crippen LogP contribution in [0.4, 0.5) is 10.5 Å². The van der Waals surface area contributed by atoms with Crippen LogP contribution in [0, 0.1) is 0 Å². The summed E-state index contributed by atoms with van der Waals surface area (Å²) in [5.74, 6) is 0.217. The molecule has 3 rings (SSSR count). The number of carbonyl (C=O) groups is 2. The molecule has 2 N–H and O–H groups in total. The van der Waals surface area contributed by atoms with Gasteiger partial charge >= 0.3 is 6.03 Å². The van der Waals surface area contributed by atoms with Gasteiger partial charge in [-0.05, 0) is 29.8 Å². The highest BCUT2D eigenvalue weighted by Gasteiger charge is 2.22. The van der Waals surface area contributed by atoms with E-state index in [9.17, 15) is 14.7 Å². The Morgan fingerprint density at radius 2 is 1.64 bits per heavy atom. The molecular weight excluding hydrogens is 356 g/mol. The van der Waals surface area contributed by atoms with Crippen molar-refractivity contribution >= 4 is 17.6 Å². The number of hydrogen-bond acceptors (Lipinski definition) is 4. The van der Waals surface area contributed by atoms with Crippen LogP contribution in [-0.2, 0) is 6.54 Å². The first-order valence-corrected chi connectivity index (χ1v) is 9.32. The maximum atomic E-state index is 12.4. The maximum absolute atomic E-state index is 12.4. The number of piperazine rings is 1. The third-order valence-electron chi connectivity index (χ3n) is 4.84. The lowest BCUT2D eigenvalue weighted by Crippen LogP contribution is -2.51. The number of benzene rings is 2. The number of aromatic hydroxyl groups is 1. The number of nitrogens with one attached hydrogen (secondary N) is 1. The average Bonchev–Trinajstić information content (AvgIpc) is 2.72. The van der Waals surface area contributed by atoms with E-state index in [1.165, 1.54) is 4.90 Å². The summed E-state index contributed by atoms with van der Waals surface area (Å²) in [7, 11) is 3.44. The maximum Gasteiger partial charge on any atom is 0.317 e. The van der Waals surface area contributed by atoms with Gasteiger partial charge in [-0.15, -0.1) is 0 Å². The van der Waals surface area contributed by atoms with Gasteiger partial charge in [-0.1, -0.05) is 24.3 Å². The highest BCUT2D eigenvalue weighted by atomic mass is 16.3. The number of urea groups is 1. The zero-order chi connectivity index (χ0) is 20.1. The Morgan fingerprint density at radius 1 is 1.00 bits per heavy atom. The van der Waals surface area contributed by atoms with Gasteiger partial charge in [0.25, 0.3) is 5.91 Å². The van der Waals surface area contributed by atoms with Gasteiger partial charge in [0.1, 0.15) is 5.75 Å². The minimum atomic E-state index is -0.106. The molecule has 1 aliphatic heterocycles. The molecule has 0 spiro atoms. The van der Waals surface area contributed by atoms with Crippen LogP contribution in [0.25, 0.3) is 0 Å². The monoisotopic (exact) mass is 382 g/mol. The second-order valence-electron chi connectivity index (χ2n) is 7.02. The molecule has 0 unspecified atom stereocenters. The summed E-state index contributed by atoms with van der Waals surface area (Å²) >= 11 is 0. The molecule has 28 heavy (non-hydrogen) atoms. The Morgan fingerprint density at radius 3 is 2.25 bits per heavy atom. The molecule has 1 aliphatic rings. The number of amides is 3. The van der Waals surface area contributed by atoms with Crippen molar-refractivity contribution in [2.45, 2.75) is 6.54 Å². The Hall–Kier alpha value is -3.22. The van der Waals surface area contributed by atoms with Crippen molar-refractivity contribution in [2.75, 3.05) is 45.2 Å². The van der Waals surface area contributed by atoms with Crippen LogP contribution in [0.2, 0.25) is 0 Å². The Bertz CT molecular complexity index is 828. The van der Waals surface area contributed by atoms with Crippen LogP contribution < -0.4 is 10.2 Å². The molecule has 7 nitrogen and oxygen atoms in total. The number of para-hydroxylation sites is 2. The fourth-order valence-electron chi connectivity index (χ4n) is 3.19. The van der Waals surface area contributed by atoms with Gasteiger partial charge in [0.05, 0.1) is 5.69 Å². The average molecular weight is 382 g/mol. The van der Waals surface area contributed by atoms with Crippen LogP contribution in [0.3, 0.4) is 0 Å². The van der Waals surface area contributed by atoms with Crippen molar-refractivity contribution in [2.24, 2.45) is 0 Å². The lowest BCUT2D eigenvalue weighted by molar-refractivity contribution is 0.0827. The first-order valence-electron chi connectivity index (χ1n) is 9.32. The molecule has 1 saturated heterocycles. The molecule has 0 saturated carbocycles. The molecule has 0 radical (unpaired) electrons. The van der Waals surface area contributed by atoms with Crippen LogP contribution in [0.15, 0.2) is 48.5 Å². The van der Waals surface area contributed by atoms with Gasteiger partial charge < -0.3 is 25.1 Å². The standard InChI is InChI=1S/C21H26N4O3/c1-23(2)20(27)17-9-7-16(8-10-17)15-22-21(28)25-13-11-24(12-14-25)18-5-3-4-6-19(18)26/h3-10,26H,11-15H2,1-2H3,(H,22,28). The zero-order valence-corrected chi connectivity index (χ0v) is 16.3. The number of carbonyl (C=O) groups excluding carboxylic acids is 2. The summed E-state index contributed by atoms with van der Waals surface area (Å²) in [6.45, 7) is 2.94. The van der Waals surface area contributed by atoms with Crippen molar-refractivity contribution in [3.63, 3.8) is 0 Å². The van der Waals surface area contributed by atoms with Gasteiger partial charge in [-0.25, -0.2) is 4.79 Å². The normalized spacial score (nSPS) is 13.9.